The van der Waals surface area contributed by atoms with Crippen molar-refractivity contribution in [3.8, 4) is 5.75 Å². The molecular weight excluding hydrogens is 524 g/mol. The van der Waals surface area contributed by atoms with Crippen LogP contribution in [0.25, 0.3) is 0 Å². The largest absolute Gasteiger partial charge is 0.493 e. The van der Waals surface area contributed by atoms with Gasteiger partial charge in [-0.2, -0.15) is 0 Å². The number of ether oxygens (including phenoxy) is 2. The van der Waals surface area contributed by atoms with Crippen molar-refractivity contribution in [2.75, 3.05) is 46.1 Å². The number of benzene rings is 1. The van der Waals surface area contributed by atoms with E-state index in [1.807, 2.05) is 13.8 Å². The van der Waals surface area contributed by atoms with Crippen LogP contribution in [0.1, 0.15) is 137 Å². The normalized spacial score (nSPS) is 17.7. The molecule has 42 heavy (non-hydrogen) atoms. The van der Waals surface area contributed by atoms with E-state index in [1.54, 1.807) is 0 Å². The standard InChI is InChI=1S/C21H32N2O3.C8H18O.C5H12.C2H6/c1-2-3-8-22(16-25)9-6-20-14-19(15-23(20)10-11-24)17-4-5-21-18(13-17)7-12-26-21;1-5-6-7-9-8(2,3)4;1-3-5-4-2;1-2/h4-5,11,13,19-20,25H,2-3,6-10,12,14-16H2,1H3;5-7H2,1-4H3;3-5H2,1-2H3;1-2H3. The van der Waals surface area contributed by atoms with Gasteiger partial charge >= 0.3 is 0 Å². The molecule has 1 aromatic carbocycles. The van der Waals surface area contributed by atoms with Gasteiger partial charge in [-0.1, -0.05) is 85.8 Å². The second kappa shape index (κ2) is 24.9. The Morgan fingerprint density at radius 3 is 2.24 bits per heavy atom. The zero-order valence-electron chi connectivity index (χ0n) is 29.1. The van der Waals surface area contributed by atoms with Crippen LogP contribution >= 0.6 is 0 Å². The average Bonchev–Trinajstić information content (AvgIpc) is 3.62. The van der Waals surface area contributed by atoms with Crippen molar-refractivity contribution in [2.24, 2.45) is 0 Å². The molecule has 3 rings (SSSR count). The van der Waals surface area contributed by atoms with E-state index in [1.165, 1.54) is 43.2 Å². The Hall–Kier alpha value is -1.47. The Morgan fingerprint density at radius 1 is 1.02 bits per heavy atom. The third-order valence-corrected chi connectivity index (χ3v) is 7.57. The summed E-state index contributed by atoms with van der Waals surface area (Å²) in [5, 5.41) is 9.56. The van der Waals surface area contributed by atoms with Crippen molar-refractivity contribution in [1.29, 1.82) is 0 Å². The molecule has 0 aliphatic carbocycles. The van der Waals surface area contributed by atoms with Crippen molar-refractivity contribution in [1.82, 2.24) is 9.80 Å². The van der Waals surface area contributed by atoms with Crippen LogP contribution in [-0.4, -0.2) is 79.0 Å². The lowest BCUT2D eigenvalue weighted by Gasteiger charge is -2.25. The van der Waals surface area contributed by atoms with Gasteiger partial charge in [0.2, 0.25) is 0 Å². The summed E-state index contributed by atoms with van der Waals surface area (Å²) in [5.74, 6) is 1.51. The predicted molar refractivity (Wildman–Crippen MR) is 180 cm³/mol. The number of unbranched alkanes of at least 4 members (excludes halogenated alkanes) is 4. The number of aliphatic hydroxyl groups excluding tert-OH is 1. The summed E-state index contributed by atoms with van der Waals surface area (Å²) in [6.45, 7) is 24.1. The van der Waals surface area contributed by atoms with Gasteiger partial charge in [0.25, 0.3) is 0 Å². The molecule has 0 spiro atoms. The highest BCUT2D eigenvalue weighted by Gasteiger charge is 2.33. The summed E-state index contributed by atoms with van der Waals surface area (Å²) in [6.07, 6.45) is 12.8. The third kappa shape index (κ3) is 17.6. The smallest absolute Gasteiger partial charge is 0.133 e. The number of hydrogen-bond acceptors (Lipinski definition) is 6. The fraction of sp³-hybridized carbons (Fsp3) is 0.806. The molecule has 2 heterocycles. The zero-order valence-corrected chi connectivity index (χ0v) is 29.1. The number of fused-ring (bicyclic) bond motifs is 1. The van der Waals surface area contributed by atoms with Gasteiger partial charge in [-0.25, -0.2) is 0 Å². The SMILES string of the molecule is CC.CCCCC.CCCCN(CO)CCC1CC(c2ccc3c(c2)CCO3)CN1CC=O.CCCCOC(C)(C)C. The van der Waals surface area contributed by atoms with E-state index >= 15 is 0 Å². The Morgan fingerprint density at radius 2 is 1.69 bits per heavy atom. The fourth-order valence-corrected chi connectivity index (χ4v) is 5.15. The minimum absolute atomic E-state index is 0.0508. The lowest BCUT2D eigenvalue weighted by Crippen LogP contribution is -2.35. The molecule has 0 saturated carbocycles. The minimum atomic E-state index is 0.0508. The average molecular weight is 593 g/mol. The van der Waals surface area contributed by atoms with Crippen molar-refractivity contribution in [3.63, 3.8) is 0 Å². The molecule has 0 aromatic heterocycles. The first-order chi connectivity index (χ1) is 20.2. The number of aldehydes is 1. The minimum Gasteiger partial charge on any atom is -0.493 e. The van der Waals surface area contributed by atoms with E-state index in [0.717, 1.165) is 77.0 Å². The molecule has 0 bridgehead atoms. The van der Waals surface area contributed by atoms with Crippen LogP contribution in [0.5, 0.6) is 5.75 Å². The van der Waals surface area contributed by atoms with Crippen molar-refractivity contribution < 1.29 is 19.4 Å². The summed E-state index contributed by atoms with van der Waals surface area (Å²) in [5.41, 5.74) is 2.74. The summed E-state index contributed by atoms with van der Waals surface area (Å²) in [6, 6.07) is 7.01. The maximum atomic E-state index is 11.1. The zero-order chi connectivity index (χ0) is 31.8. The van der Waals surface area contributed by atoms with Gasteiger partial charge in [0, 0.05) is 38.7 Å². The van der Waals surface area contributed by atoms with Crippen molar-refractivity contribution in [2.45, 2.75) is 144 Å². The quantitative estimate of drug-likeness (QED) is 0.126. The maximum absolute atomic E-state index is 11.1. The van der Waals surface area contributed by atoms with Crippen LogP contribution in [0, 0.1) is 0 Å². The number of nitrogens with zero attached hydrogens (tertiary/aromatic N) is 2. The van der Waals surface area contributed by atoms with Crippen molar-refractivity contribution in [3.05, 3.63) is 29.3 Å². The van der Waals surface area contributed by atoms with Crippen LogP contribution < -0.4 is 4.74 Å². The summed E-state index contributed by atoms with van der Waals surface area (Å²) < 4.78 is 11.1. The monoisotopic (exact) mass is 593 g/mol. The van der Waals surface area contributed by atoms with E-state index in [2.05, 4.69) is 76.5 Å². The fourth-order valence-electron chi connectivity index (χ4n) is 5.15. The summed E-state index contributed by atoms with van der Waals surface area (Å²) in [7, 11) is 0. The Balaban J connectivity index is 0.000000871. The van der Waals surface area contributed by atoms with Gasteiger partial charge in [-0.05, 0) is 69.6 Å². The molecule has 6 nitrogen and oxygen atoms in total. The van der Waals surface area contributed by atoms with Crippen LogP contribution in [0.2, 0.25) is 0 Å². The van der Waals surface area contributed by atoms with Gasteiger partial charge in [-0.15, -0.1) is 0 Å². The van der Waals surface area contributed by atoms with Gasteiger partial charge < -0.3 is 19.4 Å². The molecule has 1 saturated heterocycles. The predicted octanol–water partition coefficient (Wildman–Crippen LogP) is 8.24. The molecule has 2 aliphatic rings. The molecule has 1 N–H and O–H groups in total. The maximum Gasteiger partial charge on any atom is 0.133 e. The van der Waals surface area contributed by atoms with E-state index in [4.69, 9.17) is 9.47 Å². The van der Waals surface area contributed by atoms with E-state index < -0.39 is 0 Å². The van der Waals surface area contributed by atoms with Crippen molar-refractivity contribution >= 4 is 6.29 Å². The van der Waals surface area contributed by atoms with Gasteiger partial charge in [0.1, 0.15) is 12.0 Å². The lowest BCUT2D eigenvalue weighted by atomic mass is 9.93. The third-order valence-electron chi connectivity index (χ3n) is 7.57. The molecular formula is C36H68N2O4. The molecule has 2 unspecified atom stereocenters. The molecule has 0 radical (unpaired) electrons. The molecule has 1 aromatic rings. The lowest BCUT2D eigenvalue weighted by molar-refractivity contribution is -0.109. The second-order valence-electron chi connectivity index (χ2n) is 12.2. The van der Waals surface area contributed by atoms with Crippen LogP contribution in [0.4, 0.5) is 0 Å². The summed E-state index contributed by atoms with van der Waals surface area (Å²) in [4.78, 5) is 15.6. The topological polar surface area (TPSA) is 62.2 Å². The van der Waals surface area contributed by atoms with Gasteiger partial charge in [-0.3, -0.25) is 9.80 Å². The Labute approximate surface area is 260 Å². The van der Waals surface area contributed by atoms with Crippen LogP contribution in [0.3, 0.4) is 0 Å². The molecule has 2 aliphatic heterocycles. The first-order valence-electron chi connectivity index (χ1n) is 17.1. The first-order valence-corrected chi connectivity index (χ1v) is 17.1. The Kier molecular flexibility index (Phi) is 24.0. The van der Waals surface area contributed by atoms with Crippen LogP contribution in [-0.2, 0) is 16.0 Å². The Bertz CT molecular complexity index is 778. The summed E-state index contributed by atoms with van der Waals surface area (Å²) >= 11 is 0. The van der Waals surface area contributed by atoms with Crippen LogP contribution in [0.15, 0.2) is 18.2 Å². The molecule has 6 heteroatoms. The van der Waals surface area contributed by atoms with E-state index in [0.29, 0.717) is 18.5 Å². The number of aliphatic hydroxyl groups is 1. The van der Waals surface area contributed by atoms with Gasteiger partial charge in [0.05, 0.1) is 25.5 Å². The highest BCUT2D eigenvalue weighted by molar-refractivity contribution is 5.52. The number of likely N-dealkylation sites (tertiary alicyclic amines) is 1. The molecule has 2 atom stereocenters. The number of rotatable bonds is 15. The van der Waals surface area contributed by atoms with E-state index in [9.17, 15) is 9.90 Å². The number of carbonyl (C=O) groups excluding carboxylic acids is 1. The van der Waals surface area contributed by atoms with Gasteiger partial charge in [0.15, 0.2) is 0 Å². The molecule has 1 fully saturated rings. The molecule has 0 amide bonds. The second-order valence-corrected chi connectivity index (χ2v) is 12.2. The highest BCUT2D eigenvalue weighted by atomic mass is 16.5. The first kappa shape index (κ1) is 40.5. The van der Waals surface area contributed by atoms with E-state index in [-0.39, 0.29) is 12.3 Å². The number of hydrogen-bond donors (Lipinski definition) is 1. The molecule has 246 valence electrons. The highest BCUT2D eigenvalue weighted by Crippen LogP contribution is 2.36. The number of carbonyl (C=O) groups is 1.